The molecule has 0 aliphatic carbocycles. The van der Waals surface area contributed by atoms with Gasteiger partial charge >= 0.3 is 5.97 Å². The van der Waals surface area contributed by atoms with Crippen molar-refractivity contribution in [2.24, 2.45) is 0 Å². The Bertz CT molecular complexity index is 1160. The number of hydrogen-bond acceptors (Lipinski definition) is 4. The summed E-state index contributed by atoms with van der Waals surface area (Å²) in [6.45, 7) is 1.97. The number of carboxylic acid groups (broad SMARTS) is 1. The van der Waals surface area contributed by atoms with Crippen LogP contribution in [0.2, 0.25) is 0 Å². The Kier molecular flexibility index (Phi) is 9.48. The molecule has 0 heterocycles. The first-order valence-electron chi connectivity index (χ1n) is 11.0. The van der Waals surface area contributed by atoms with Crippen LogP contribution in [0.15, 0.2) is 72.8 Å². The van der Waals surface area contributed by atoms with Gasteiger partial charge in [-0.05, 0) is 65.3 Å². The van der Waals surface area contributed by atoms with E-state index >= 15 is 0 Å². The van der Waals surface area contributed by atoms with Gasteiger partial charge in [-0.15, -0.1) is 0 Å². The molecule has 0 fully saturated rings. The Balaban J connectivity index is 1.90. The van der Waals surface area contributed by atoms with E-state index < -0.39 is 28.7 Å². The van der Waals surface area contributed by atoms with Gasteiger partial charge in [0.25, 0.3) is 5.91 Å². The molecule has 0 aromatic heterocycles. The van der Waals surface area contributed by atoms with Gasteiger partial charge in [0.05, 0.1) is 0 Å². The Morgan fingerprint density at radius 3 is 2.29 bits per heavy atom. The summed E-state index contributed by atoms with van der Waals surface area (Å²) in [4.78, 5) is 24.8. The van der Waals surface area contributed by atoms with Crippen molar-refractivity contribution >= 4 is 34.4 Å². The third kappa shape index (κ3) is 7.05. The highest BCUT2D eigenvalue weighted by Crippen LogP contribution is 2.29. The number of rotatable bonds is 11. The van der Waals surface area contributed by atoms with Crippen molar-refractivity contribution in [2.75, 3.05) is 12.0 Å². The van der Waals surface area contributed by atoms with Crippen LogP contribution in [0.4, 0.5) is 0 Å². The average molecular weight is 496 g/mol. The Hall–Kier alpha value is -2.90. The van der Waals surface area contributed by atoms with Gasteiger partial charge in [-0.1, -0.05) is 60.7 Å². The molecule has 0 aliphatic rings. The second-order valence-corrected chi connectivity index (χ2v) is 10.5. The summed E-state index contributed by atoms with van der Waals surface area (Å²) in [7, 11) is -1.11. The molecule has 1 amide bonds. The number of nitrogens with one attached hydrogen (secondary N) is 1. The predicted octanol–water partition coefficient (Wildman–Crippen LogP) is 5.05. The summed E-state index contributed by atoms with van der Waals surface area (Å²) in [6.07, 6.45) is 2.25. The number of aryl methyl sites for hydroxylation is 1. The lowest BCUT2D eigenvalue weighted by Crippen LogP contribution is -2.41. The van der Waals surface area contributed by atoms with Crippen molar-refractivity contribution in [3.05, 3.63) is 95.1 Å². The first kappa shape index (κ1) is 25.7. The molecule has 3 rings (SSSR count). The van der Waals surface area contributed by atoms with Crippen LogP contribution in [-0.2, 0) is 27.1 Å². The first-order chi connectivity index (χ1) is 16.4. The minimum absolute atomic E-state index is 0.346. The summed E-state index contributed by atoms with van der Waals surface area (Å²) >= 11 is 1.54. The number of hydrogen-bond donors (Lipinski definition) is 2. The minimum atomic E-state index is -1.11. The number of thioether (sulfide) groups is 1. The zero-order valence-corrected chi connectivity index (χ0v) is 21.0. The maximum atomic E-state index is 13.2. The molecule has 34 heavy (non-hydrogen) atoms. The van der Waals surface area contributed by atoms with E-state index in [1.54, 1.807) is 12.1 Å². The number of carboxylic acids is 1. The second-order valence-electron chi connectivity index (χ2n) is 8.05. The molecule has 0 bridgehead atoms. The molecule has 0 radical (unpaired) electrons. The quantitative estimate of drug-likeness (QED) is 0.389. The van der Waals surface area contributed by atoms with E-state index in [1.807, 2.05) is 73.8 Å². The van der Waals surface area contributed by atoms with Crippen LogP contribution >= 0.6 is 11.8 Å². The van der Waals surface area contributed by atoms with Gasteiger partial charge < -0.3 is 10.4 Å². The smallest absolute Gasteiger partial charge is 0.326 e. The molecule has 2 atom stereocenters. The van der Waals surface area contributed by atoms with E-state index in [-0.39, 0.29) is 0 Å². The van der Waals surface area contributed by atoms with Gasteiger partial charge in [-0.2, -0.15) is 11.8 Å². The third-order valence-corrected chi connectivity index (χ3v) is 7.43. The van der Waals surface area contributed by atoms with Gasteiger partial charge in [-0.25, -0.2) is 4.79 Å². The number of benzene rings is 3. The van der Waals surface area contributed by atoms with Crippen molar-refractivity contribution in [2.45, 2.75) is 30.9 Å². The topological polar surface area (TPSA) is 83.5 Å². The molecular formula is C27H29NO4S2. The van der Waals surface area contributed by atoms with Crippen molar-refractivity contribution in [1.29, 1.82) is 0 Å². The summed E-state index contributed by atoms with van der Waals surface area (Å²) < 4.78 is 12.8. The molecule has 3 aromatic rings. The Morgan fingerprint density at radius 2 is 1.62 bits per heavy atom. The van der Waals surface area contributed by atoms with Crippen molar-refractivity contribution in [1.82, 2.24) is 5.32 Å². The molecule has 0 spiro atoms. The van der Waals surface area contributed by atoms with E-state index in [1.165, 1.54) is 11.8 Å². The predicted molar refractivity (Wildman–Crippen MR) is 140 cm³/mol. The molecule has 2 unspecified atom stereocenters. The minimum Gasteiger partial charge on any atom is -0.480 e. The van der Waals surface area contributed by atoms with E-state index in [0.717, 1.165) is 22.3 Å². The van der Waals surface area contributed by atoms with Crippen molar-refractivity contribution < 1.29 is 18.9 Å². The molecular weight excluding hydrogens is 466 g/mol. The Morgan fingerprint density at radius 1 is 0.941 bits per heavy atom. The summed E-state index contributed by atoms with van der Waals surface area (Å²) in [5, 5.41) is 12.2. The Labute approximate surface area is 207 Å². The number of amides is 1. The van der Waals surface area contributed by atoms with Crippen molar-refractivity contribution in [3.63, 3.8) is 0 Å². The highest BCUT2D eigenvalue weighted by Gasteiger charge is 2.23. The fraction of sp³-hybridized carbons (Fsp3) is 0.259. The maximum absolute atomic E-state index is 13.2. The average Bonchev–Trinajstić information content (AvgIpc) is 2.82. The van der Waals surface area contributed by atoms with Gasteiger partial charge in [-0.3, -0.25) is 9.00 Å². The fourth-order valence-corrected chi connectivity index (χ4v) is 5.39. The maximum Gasteiger partial charge on any atom is 0.326 e. The molecule has 5 nitrogen and oxygen atoms in total. The molecule has 2 N–H and O–H groups in total. The van der Waals surface area contributed by atoms with Crippen LogP contribution in [-0.4, -0.2) is 39.2 Å². The van der Waals surface area contributed by atoms with Gasteiger partial charge in [0.1, 0.15) is 6.04 Å². The summed E-state index contributed by atoms with van der Waals surface area (Å²) in [5.41, 5.74) is 4.87. The molecule has 178 valence electrons. The monoisotopic (exact) mass is 495 g/mol. The standard InChI is InChI=1S/C27H29NO4S2/c1-19-8-6-7-11-22(19)24-16-21(18-34(32)17-20-9-4-3-5-10-20)12-13-23(24)26(29)28-25(27(30)31)14-15-33-2/h3-13,16,25H,14-15,17-18H2,1-2H3,(H,28,29)(H,30,31). The highest BCUT2D eigenvalue weighted by molar-refractivity contribution is 7.98. The zero-order chi connectivity index (χ0) is 24.5. The lowest BCUT2D eigenvalue weighted by Gasteiger charge is -2.17. The second kappa shape index (κ2) is 12.5. The highest BCUT2D eigenvalue weighted by atomic mass is 32.2. The van der Waals surface area contributed by atoms with Gasteiger partial charge in [0, 0.05) is 27.9 Å². The van der Waals surface area contributed by atoms with Gasteiger partial charge in [0.2, 0.25) is 0 Å². The normalized spacial score (nSPS) is 12.6. The van der Waals surface area contributed by atoms with E-state index in [4.69, 9.17) is 0 Å². The van der Waals surface area contributed by atoms with E-state index in [2.05, 4.69) is 5.32 Å². The van der Waals surface area contributed by atoms with Gasteiger partial charge in [0.15, 0.2) is 0 Å². The lowest BCUT2D eigenvalue weighted by molar-refractivity contribution is -0.139. The molecule has 0 saturated heterocycles. The third-order valence-electron chi connectivity index (χ3n) is 5.48. The fourth-order valence-electron chi connectivity index (χ4n) is 3.70. The zero-order valence-electron chi connectivity index (χ0n) is 19.3. The molecule has 3 aromatic carbocycles. The van der Waals surface area contributed by atoms with Crippen LogP contribution in [0.25, 0.3) is 11.1 Å². The number of carbonyl (C=O) groups excluding carboxylic acids is 1. The summed E-state index contributed by atoms with van der Waals surface area (Å²) in [5.74, 6) is -0.0234. The van der Waals surface area contributed by atoms with Crippen LogP contribution in [0.1, 0.15) is 33.5 Å². The van der Waals surface area contributed by atoms with E-state index in [0.29, 0.717) is 34.8 Å². The van der Waals surface area contributed by atoms with Crippen LogP contribution in [0.5, 0.6) is 0 Å². The first-order valence-corrected chi connectivity index (χ1v) is 13.9. The van der Waals surface area contributed by atoms with Crippen molar-refractivity contribution in [3.8, 4) is 11.1 Å². The SMILES string of the molecule is CSCCC(NC(=O)c1ccc(CS(=O)Cc2ccccc2)cc1-c1ccccc1C)C(=O)O. The number of aliphatic carboxylic acids is 1. The lowest BCUT2D eigenvalue weighted by atomic mass is 9.94. The largest absolute Gasteiger partial charge is 0.480 e. The number of carbonyl (C=O) groups is 2. The molecule has 0 aliphatic heterocycles. The van der Waals surface area contributed by atoms with E-state index in [9.17, 15) is 18.9 Å². The van der Waals surface area contributed by atoms with Crippen LogP contribution < -0.4 is 5.32 Å². The van der Waals surface area contributed by atoms with Crippen LogP contribution in [0.3, 0.4) is 0 Å². The summed E-state index contributed by atoms with van der Waals surface area (Å²) in [6, 6.07) is 21.9. The molecule has 0 saturated carbocycles. The van der Waals surface area contributed by atoms with Crippen LogP contribution in [0, 0.1) is 6.92 Å². The molecule has 7 heteroatoms.